The van der Waals surface area contributed by atoms with Crippen LogP contribution >= 0.6 is 11.8 Å². The van der Waals surface area contributed by atoms with Crippen LogP contribution in [0.25, 0.3) is 10.9 Å². The summed E-state index contributed by atoms with van der Waals surface area (Å²) in [6.07, 6.45) is 2.12. The third-order valence-electron chi connectivity index (χ3n) is 3.27. The lowest BCUT2D eigenvalue weighted by molar-refractivity contribution is -0.131. The van der Waals surface area contributed by atoms with E-state index in [1.165, 1.54) is 0 Å². The molecule has 4 nitrogen and oxygen atoms in total. The second-order valence-electron chi connectivity index (χ2n) is 4.70. The van der Waals surface area contributed by atoms with Gasteiger partial charge < -0.3 is 10.4 Å². The molecular weight excluding hydrogens is 260 g/mol. The number of amides is 1. The van der Waals surface area contributed by atoms with Crippen LogP contribution in [0.3, 0.4) is 0 Å². The summed E-state index contributed by atoms with van der Waals surface area (Å²) in [7, 11) is 0. The molecule has 19 heavy (non-hydrogen) atoms. The molecule has 1 saturated heterocycles. The monoisotopic (exact) mass is 274 g/mol. The summed E-state index contributed by atoms with van der Waals surface area (Å²) >= 11 is 1.60. The van der Waals surface area contributed by atoms with E-state index < -0.39 is 5.60 Å². The lowest BCUT2D eigenvalue weighted by atomic mass is 10.0. The molecule has 2 N–H and O–H groups in total. The van der Waals surface area contributed by atoms with Crippen LogP contribution in [0.4, 0.5) is 5.69 Å². The molecule has 5 heteroatoms. The standard InChI is InChI=1S/C14H14N2O2S/c17-13(14(18)5-6-19-9-14)16-11-7-10-3-1-2-4-12(10)15-8-11/h1-4,7-8,18H,5-6,9H2,(H,16,17). The van der Waals surface area contributed by atoms with Crippen molar-refractivity contribution in [1.82, 2.24) is 4.98 Å². The van der Waals surface area contributed by atoms with E-state index in [-0.39, 0.29) is 5.91 Å². The Bertz CT molecular complexity index is 624. The van der Waals surface area contributed by atoms with Gasteiger partial charge in [0, 0.05) is 11.1 Å². The predicted molar refractivity (Wildman–Crippen MR) is 77.3 cm³/mol. The molecule has 0 bridgehead atoms. The normalized spacial score (nSPS) is 22.6. The minimum absolute atomic E-state index is 0.338. The zero-order valence-electron chi connectivity index (χ0n) is 10.3. The fraction of sp³-hybridized carbons (Fsp3) is 0.286. The average Bonchev–Trinajstić information content (AvgIpc) is 2.87. The zero-order chi connectivity index (χ0) is 13.3. The number of aromatic nitrogens is 1. The van der Waals surface area contributed by atoms with E-state index in [1.54, 1.807) is 18.0 Å². The molecule has 2 heterocycles. The molecule has 1 amide bonds. The summed E-state index contributed by atoms with van der Waals surface area (Å²) in [6, 6.07) is 9.58. The van der Waals surface area contributed by atoms with Crippen molar-refractivity contribution < 1.29 is 9.90 Å². The smallest absolute Gasteiger partial charge is 0.257 e. The van der Waals surface area contributed by atoms with Gasteiger partial charge in [0.15, 0.2) is 5.60 Å². The number of hydrogen-bond donors (Lipinski definition) is 2. The Labute approximate surface area is 115 Å². The SMILES string of the molecule is O=C(Nc1cnc2ccccc2c1)C1(O)CCSC1. The number of aliphatic hydroxyl groups is 1. The number of anilines is 1. The van der Waals surface area contributed by atoms with Crippen LogP contribution in [0.15, 0.2) is 36.5 Å². The van der Waals surface area contributed by atoms with E-state index in [0.29, 0.717) is 17.9 Å². The summed E-state index contributed by atoms with van der Waals surface area (Å²) in [5, 5.41) is 13.9. The van der Waals surface area contributed by atoms with Crippen LogP contribution in [-0.4, -0.2) is 33.1 Å². The van der Waals surface area contributed by atoms with Crippen LogP contribution < -0.4 is 5.32 Å². The molecule has 3 rings (SSSR count). The van der Waals surface area contributed by atoms with Crippen molar-refractivity contribution in [2.45, 2.75) is 12.0 Å². The van der Waals surface area contributed by atoms with E-state index in [1.807, 2.05) is 30.3 Å². The number of carbonyl (C=O) groups excluding carboxylic acids is 1. The highest BCUT2D eigenvalue weighted by Crippen LogP contribution is 2.29. The molecule has 1 aromatic heterocycles. The van der Waals surface area contributed by atoms with Gasteiger partial charge in [0.25, 0.3) is 5.91 Å². The van der Waals surface area contributed by atoms with Gasteiger partial charge in [0.2, 0.25) is 0 Å². The first-order chi connectivity index (χ1) is 9.17. The Hall–Kier alpha value is -1.59. The minimum atomic E-state index is -1.24. The predicted octanol–water partition coefficient (Wildman–Crippen LogP) is 2.04. The average molecular weight is 274 g/mol. The van der Waals surface area contributed by atoms with Crippen molar-refractivity contribution in [2.24, 2.45) is 0 Å². The Kier molecular flexibility index (Phi) is 3.16. The van der Waals surface area contributed by atoms with Crippen LogP contribution in [0.1, 0.15) is 6.42 Å². The lowest BCUT2D eigenvalue weighted by Gasteiger charge is -2.20. The molecule has 1 aromatic carbocycles. The van der Waals surface area contributed by atoms with Crippen LogP contribution in [0.5, 0.6) is 0 Å². The van der Waals surface area contributed by atoms with Crippen LogP contribution in [0.2, 0.25) is 0 Å². The van der Waals surface area contributed by atoms with Gasteiger partial charge in [-0.15, -0.1) is 0 Å². The quantitative estimate of drug-likeness (QED) is 0.879. The molecule has 2 aromatic rings. The number of pyridine rings is 1. The molecule has 1 aliphatic heterocycles. The lowest BCUT2D eigenvalue weighted by Crippen LogP contribution is -2.42. The third kappa shape index (κ3) is 2.43. The number of fused-ring (bicyclic) bond motifs is 1. The van der Waals surface area contributed by atoms with Crippen molar-refractivity contribution in [2.75, 3.05) is 16.8 Å². The number of para-hydroxylation sites is 1. The number of rotatable bonds is 2. The fourth-order valence-electron chi connectivity index (χ4n) is 2.12. The van der Waals surface area contributed by atoms with Crippen LogP contribution in [-0.2, 0) is 4.79 Å². The van der Waals surface area contributed by atoms with E-state index in [9.17, 15) is 9.90 Å². The number of nitrogens with one attached hydrogen (secondary N) is 1. The van der Waals surface area contributed by atoms with E-state index in [0.717, 1.165) is 16.7 Å². The maximum Gasteiger partial charge on any atom is 0.257 e. The highest BCUT2D eigenvalue weighted by Gasteiger charge is 2.39. The highest BCUT2D eigenvalue weighted by atomic mass is 32.2. The molecule has 0 aliphatic carbocycles. The van der Waals surface area contributed by atoms with E-state index in [2.05, 4.69) is 10.3 Å². The molecule has 0 radical (unpaired) electrons. The fourth-order valence-corrected chi connectivity index (χ4v) is 3.36. The van der Waals surface area contributed by atoms with Gasteiger partial charge in [-0.25, -0.2) is 0 Å². The first kappa shape index (κ1) is 12.4. The molecule has 1 aliphatic rings. The summed E-state index contributed by atoms with van der Waals surface area (Å²) in [5.41, 5.74) is 0.265. The molecule has 98 valence electrons. The molecule has 1 fully saturated rings. The topological polar surface area (TPSA) is 62.2 Å². The highest BCUT2D eigenvalue weighted by molar-refractivity contribution is 7.99. The van der Waals surface area contributed by atoms with Gasteiger partial charge in [-0.2, -0.15) is 11.8 Å². The number of benzene rings is 1. The number of thioether (sulfide) groups is 1. The summed E-state index contributed by atoms with van der Waals surface area (Å²) in [5.74, 6) is 0.939. The Morgan fingerprint density at radius 3 is 3.05 bits per heavy atom. The van der Waals surface area contributed by atoms with Gasteiger partial charge in [0.05, 0.1) is 17.4 Å². The number of nitrogens with zero attached hydrogens (tertiary/aromatic N) is 1. The molecule has 1 atom stereocenters. The summed E-state index contributed by atoms with van der Waals surface area (Å²) in [6.45, 7) is 0. The zero-order valence-corrected chi connectivity index (χ0v) is 11.1. The Morgan fingerprint density at radius 1 is 1.42 bits per heavy atom. The first-order valence-corrected chi connectivity index (χ1v) is 7.29. The number of carbonyl (C=O) groups is 1. The molecule has 0 saturated carbocycles. The van der Waals surface area contributed by atoms with E-state index >= 15 is 0 Å². The molecule has 0 spiro atoms. The largest absolute Gasteiger partial charge is 0.379 e. The van der Waals surface area contributed by atoms with Gasteiger partial charge in [-0.05, 0) is 24.3 Å². The maximum atomic E-state index is 12.1. The van der Waals surface area contributed by atoms with Gasteiger partial charge in [-0.1, -0.05) is 18.2 Å². The first-order valence-electron chi connectivity index (χ1n) is 6.14. The van der Waals surface area contributed by atoms with Crippen molar-refractivity contribution in [3.05, 3.63) is 36.5 Å². The maximum absolute atomic E-state index is 12.1. The second kappa shape index (κ2) is 4.83. The molecule has 1 unspecified atom stereocenters. The third-order valence-corrected chi connectivity index (χ3v) is 4.45. The van der Waals surface area contributed by atoms with E-state index in [4.69, 9.17) is 0 Å². The Morgan fingerprint density at radius 2 is 2.26 bits per heavy atom. The van der Waals surface area contributed by atoms with Crippen molar-refractivity contribution in [3.63, 3.8) is 0 Å². The minimum Gasteiger partial charge on any atom is -0.379 e. The Balaban J connectivity index is 1.83. The second-order valence-corrected chi connectivity index (χ2v) is 5.81. The van der Waals surface area contributed by atoms with Crippen molar-refractivity contribution in [3.8, 4) is 0 Å². The van der Waals surface area contributed by atoms with Gasteiger partial charge >= 0.3 is 0 Å². The summed E-state index contributed by atoms with van der Waals surface area (Å²) < 4.78 is 0. The summed E-state index contributed by atoms with van der Waals surface area (Å²) in [4.78, 5) is 16.4. The molecular formula is C14H14N2O2S. The van der Waals surface area contributed by atoms with Crippen molar-refractivity contribution in [1.29, 1.82) is 0 Å². The van der Waals surface area contributed by atoms with Crippen LogP contribution in [0, 0.1) is 0 Å². The van der Waals surface area contributed by atoms with Crippen molar-refractivity contribution >= 4 is 34.3 Å². The van der Waals surface area contributed by atoms with Gasteiger partial charge in [0.1, 0.15) is 0 Å². The van der Waals surface area contributed by atoms with Gasteiger partial charge in [-0.3, -0.25) is 9.78 Å². The number of hydrogen-bond acceptors (Lipinski definition) is 4.